The predicted octanol–water partition coefficient (Wildman–Crippen LogP) is 3.34. The maximum absolute atomic E-state index is 11.4. The van der Waals surface area contributed by atoms with E-state index in [4.69, 9.17) is 0 Å². The van der Waals surface area contributed by atoms with Crippen LogP contribution in [0.15, 0.2) is 0 Å². The van der Waals surface area contributed by atoms with E-state index in [9.17, 15) is 4.21 Å². The highest BCUT2D eigenvalue weighted by molar-refractivity contribution is 7.84. The molecule has 2 nitrogen and oxygen atoms in total. The molecule has 0 aromatic heterocycles. The lowest BCUT2D eigenvalue weighted by molar-refractivity contribution is 0.213. The van der Waals surface area contributed by atoms with E-state index in [1.165, 1.54) is 32.1 Å². The summed E-state index contributed by atoms with van der Waals surface area (Å²) in [5.74, 6) is 2.47. The van der Waals surface area contributed by atoms with Crippen molar-refractivity contribution >= 4 is 10.8 Å². The summed E-state index contributed by atoms with van der Waals surface area (Å²) in [6, 6.07) is 0.659. The second kappa shape index (κ2) is 7.64. The summed E-state index contributed by atoms with van der Waals surface area (Å²) in [7, 11) is -0.619. The molecule has 0 aromatic rings. The van der Waals surface area contributed by atoms with Crippen LogP contribution < -0.4 is 5.32 Å². The Bertz CT molecular complexity index is 260. The number of nitrogens with one attached hydrogen (secondary N) is 1. The van der Waals surface area contributed by atoms with E-state index < -0.39 is 10.8 Å². The Morgan fingerprint density at radius 1 is 1.17 bits per heavy atom. The van der Waals surface area contributed by atoms with Gasteiger partial charge in [0.25, 0.3) is 0 Å². The topological polar surface area (TPSA) is 29.1 Å². The summed E-state index contributed by atoms with van der Waals surface area (Å²) in [5, 5.41) is 3.61. The molecule has 0 radical (unpaired) electrons. The molecular weight excluding hydrogens is 242 g/mol. The van der Waals surface area contributed by atoms with Crippen LogP contribution >= 0.6 is 0 Å². The quantitative estimate of drug-likeness (QED) is 0.778. The van der Waals surface area contributed by atoms with Crippen molar-refractivity contribution in [1.29, 1.82) is 0 Å². The van der Waals surface area contributed by atoms with Crippen molar-refractivity contribution in [3.8, 4) is 0 Å². The number of hydrogen-bond donors (Lipinski definition) is 1. The average molecular weight is 273 g/mol. The van der Waals surface area contributed by atoms with Gasteiger partial charge in [0, 0.05) is 34.9 Å². The normalized spacial score (nSPS) is 27.8. The van der Waals surface area contributed by atoms with Crippen molar-refractivity contribution < 1.29 is 4.21 Å². The van der Waals surface area contributed by atoms with Gasteiger partial charge in [-0.1, -0.05) is 34.1 Å². The van der Waals surface area contributed by atoms with Crippen LogP contribution in [0.5, 0.6) is 0 Å². The van der Waals surface area contributed by atoms with Gasteiger partial charge in [-0.2, -0.15) is 0 Å². The van der Waals surface area contributed by atoms with Crippen LogP contribution in [-0.2, 0) is 10.8 Å². The maximum Gasteiger partial charge on any atom is 0.0360 e. The smallest absolute Gasteiger partial charge is 0.0360 e. The van der Waals surface area contributed by atoms with Crippen molar-refractivity contribution in [2.45, 2.75) is 65.8 Å². The average Bonchev–Trinajstić information content (AvgIpc) is 2.53. The minimum absolute atomic E-state index is 0.457. The van der Waals surface area contributed by atoms with Gasteiger partial charge >= 0.3 is 0 Å². The summed E-state index contributed by atoms with van der Waals surface area (Å²) in [5.41, 5.74) is 0.457. The Morgan fingerprint density at radius 2 is 1.89 bits per heavy atom. The molecule has 1 N–H and O–H groups in total. The lowest BCUT2D eigenvalue weighted by Crippen LogP contribution is -2.32. The summed E-state index contributed by atoms with van der Waals surface area (Å²) in [6.07, 6.45) is 6.66. The molecular formula is C15H31NOS. The first-order chi connectivity index (χ1) is 8.43. The lowest BCUT2D eigenvalue weighted by atomic mass is 9.76. The van der Waals surface area contributed by atoms with E-state index in [0.717, 1.165) is 24.0 Å². The van der Waals surface area contributed by atoms with Crippen LogP contribution in [0.3, 0.4) is 0 Å². The largest absolute Gasteiger partial charge is 0.313 e. The van der Waals surface area contributed by atoms with Gasteiger partial charge in [0.2, 0.25) is 0 Å². The van der Waals surface area contributed by atoms with Crippen LogP contribution in [0.2, 0.25) is 0 Å². The van der Waals surface area contributed by atoms with E-state index in [-0.39, 0.29) is 0 Å². The van der Waals surface area contributed by atoms with E-state index in [2.05, 4.69) is 26.1 Å². The van der Waals surface area contributed by atoms with E-state index in [0.29, 0.717) is 11.5 Å². The summed E-state index contributed by atoms with van der Waals surface area (Å²) in [6.45, 7) is 10.0. The molecule has 3 atom stereocenters. The molecule has 0 amide bonds. The Hall–Kier alpha value is 0.110. The van der Waals surface area contributed by atoms with E-state index in [1.54, 1.807) is 0 Å². The first-order valence-corrected chi connectivity index (χ1v) is 9.00. The molecule has 18 heavy (non-hydrogen) atoms. The van der Waals surface area contributed by atoms with Crippen LogP contribution in [0.1, 0.15) is 59.8 Å². The summed E-state index contributed by atoms with van der Waals surface area (Å²) in [4.78, 5) is 0. The molecule has 0 aromatic carbocycles. The zero-order chi connectivity index (χ0) is 13.6. The SMILES string of the molecule is CCS(=O)CCNC1CCCC(C(C)(C)C)CC1. The molecule has 0 bridgehead atoms. The molecule has 1 fully saturated rings. The van der Waals surface area contributed by atoms with Gasteiger partial charge in [0.05, 0.1) is 0 Å². The maximum atomic E-state index is 11.4. The van der Waals surface area contributed by atoms with Gasteiger partial charge in [-0.05, 0) is 37.0 Å². The molecule has 3 heteroatoms. The molecule has 0 heterocycles. The zero-order valence-electron chi connectivity index (χ0n) is 12.6. The van der Waals surface area contributed by atoms with Crippen molar-refractivity contribution in [3.63, 3.8) is 0 Å². The first kappa shape index (κ1) is 16.2. The van der Waals surface area contributed by atoms with Crippen LogP contribution in [0.4, 0.5) is 0 Å². The fraction of sp³-hybridized carbons (Fsp3) is 1.00. The molecule has 1 aliphatic rings. The minimum Gasteiger partial charge on any atom is -0.313 e. The third kappa shape index (κ3) is 5.83. The lowest BCUT2D eigenvalue weighted by Gasteiger charge is -2.29. The van der Waals surface area contributed by atoms with Crippen molar-refractivity contribution in [3.05, 3.63) is 0 Å². The van der Waals surface area contributed by atoms with Crippen LogP contribution in [-0.4, -0.2) is 28.3 Å². The highest BCUT2D eigenvalue weighted by Crippen LogP contribution is 2.36. The van der Waals surface area contributed by atoms with Crippen molar-refractivity contribution in [1.82, 2.24) is 5.32 Å². The predicted molar refractivity (Wildman–Crippen MR) is 81.4 cm³/mol. The van der Waals surface area contributed by atoms with E-state index >= 15 is 0 Å². The Morgan fingerprint density at radius 3 is 2.50 bits per heavy atom. The molecule has 1 rings (SSSR count). The first-order valence-electron chi connectivity index (χ1n) is 7.52. The number of hydrogen-bond acceptors (Lipinski definition) is 2. The highest BCUT2D eigenvalue weighted by atomic mass is 32.2. The fourth-order valence-corrected chi connectivity index (χ4v) is 3.53. The molecule has 0 aliphatic heterocycles. The molecule has 3 unspecified atom stereocenters. The molecule has 0 saturated heterocycles. The Labute approximate surface area is 116 Å². The molecule has 0 spiro atoms. The third-order valence-corrected chi connectivity index (χ3v) is 5.58. The Kier molecular flexibility index (Phi) is 6.86. The standard InChI is InChI=1S/C15H31NOS/c1-5-18(17)12-11-16-14-8-6-7-13(9-10-14)15(2,3)4/h13-14,16H,5-12H2,1-4H3. The van der Waals surface area contributed by atoms with Gasteiger partial charge in [-0.25, -0.2) is 0 Å². The second-order valence-corrected chi connectivity index (χ2v) is 8.52. The van der Waals surface area contributed by atoms with Gasteiger partial charge < -0.3 is 5.32 Å². The van der Waals surface area contributed by atoms with Gasteiger partial charge in [0.15, 0.2) is 0 Å². The van der Waals surface area contributed by atoms with Crippen molar-refractivity contribution in [2.24, 2.45) is 11.3 Å². The monoisotopic (exact) mass is 273 g/mol. The van der Waals surface area contributed by atoms with Crippen LogP contribution in [0.25, 0.3) is 0 Å². The molecule has 1 aliphatic carbocycles. The van der Waals surface area contributed by atoms with Crippen LogP contribution in [0, 0.1) is 11.3 Å². The van der Waals surface area contributed by atoms with Gasteiger partial charge in [-0.3, -0.25) is 4.21 Å². The molecule has 1 saturated carbocycles. The van der Waals surface area contributed by atoms with Gasteiger partial charge in [0.1, 0.15) is 0 Å². The fourth-order valence-electron chi connectivity index (χ4n) is 2.89. The molecule has 108 valence electrons. The minimum atomic E-state index is -0.619. The summed E-state index contributed by atoms with van der Waals surface area (Å²) < 4.78 is 11.4. The number of rotatable bonds is 5. The van der Waals surface area contributed by atoms with E-state index in [1.807, 2.05) is 6.92 Å². The van der Waals surface area contributed by atoms with Gasteiger partial charge in [-0.15, -0.1) is 0 Å². The summed E-state index contributed by atoms with van der Waals surface area (Å²) >= 11 is 0. The second-order valence-electron chi connectivity index (χ2n) is 6.65. The highest BCUT2D eigenvalue weighted by Gasteiger charge is 2.27. The Balaban J connectivity index is 2.27. The zero-order valence-corrected chi connectivity index (χ0v) is 13.4. The third-order valence-electron chi connectivity index (χ3n) is 4.28. The van der Waals surface area contributed by atoms with Crippen molar-refractivity contribution in [2.75, 3.05) is 18.1 Å².